The van der Waals surface area contributed by atoms with Gasteiger partial charge in [0.15, 0.2) is 0 Å². The Labute approximate surface area is 89.6 Å². The molecule has 0 N–H and O–H groups in total. The van der Waals surface area contributed by atoms with Gasteiger partial charge in [0.25, 0.3) is 0 Å². The summed E-state index contributed by atoms with van der Waals surface area (Å²) in [5.74, 6) is 0.857. The summed E-state index contributed by atoms with van der Waals surface area (Å²) in [6.07, 6.45) is 3.56. The topological polar surface area (TPSA) is 22.1 Å². The molecule has 0 saturated heterocycles. The molecule has 2 rings (SSSR count). The Morgan fingerprint density at radius 2 is 2.07 bits per heavy atom. The van der Waals surface area contributed by atoms with Crippen molar-refractivity contribution in [2.75, 3.05) is 7.11 Å². The first-order valence-electron chi connectivity index (χ1n) is 4.86. The Morgan fingerprint density at radius 3 is 2.80 bits per heavy atom. The van der Waals surface area contributed by atoms with Crippen molar-refractivity contribution in [3.63, 3.8) is 0 Å². The molecule has 0 amide bonds. The monoisotopic (exact) mass is 199 g/mol. The lowest BCUT2D eigenvalue weighted by Gasteiger charge is -2.07. The molecule has 2 nitrogen and oxygen atoms in total. The zero-order chi connectivity index (χ0) is 10.7. The second-order valence-electron chi connectivity index (χ2n) is 3.45. The predicted molar refractivity (Wildman–Crippen MR) is 61.0 cm³/mol. The zero-order valence-electron chi connectivity index (χ0n) is 8.90. The van der Waals surface area contributed by atoms with Crippen molar-refractivity contribution in [3.05, 3.63) is 48.3 Å². The van der Waals surface area contributed by atoms with Gasteiger partial charge in [-0.1, -0.05) is 29.8 Å². The number of aryl methyl sites for hydroxylation is 1. The van der Waals surface area contributed by atoms with Crippen LogP contribution in [0.3, 0.4) is 0 Å². The second-order valence-corrected chi connectivity index (χ2v) is 3.45. The predicted octanol–water partition coefficient (Wildman–Crippen LogP) is 3.07. The number of hydrogen-bond acceptors (Lipinski definition) is 2. The van der Waals surface area contributed by atoms with Crippen LogP contribution in [0, 0.1) is 6.92 Å². The molecule has 0 spiro atoms. The van der Waals surface area contributed by atoms with Gasteiger partial charge in [0.05, 0.1) is 7.11 Å². The van der Waals surface area contributed by atoms with Crippen LogP contribution < -0.4 is 4.74 Å². The van der Waals surface area contributed by atoms with Gasteiger partial charge < -0.3 is 4.74 Å². The molecule has 15 heavy (non-hydrogen) atoms. The number of benzene rings is 1. The molecule has 1 heterocycles. The van der Waals surface area contributed by atoms with Gasteiger partial charge >= 0.3 is 0 Å². The molecule has 0 fully saturated rings. The molecule has 0 aliphatic heterocycles. The van der Waals surface area contributed by atoms with E-state index in [1.54, 1.807) is 13.3 Å². The Morgan fingerprint density at radius 1 is 1.20 bits per heavy atom. The SMILES string of the molecule is COc1ccncc1-c1cccc(C)c1. The molecule has 0 atom stereocenters. The molecule has 76 valence electrons. The lowest BCUT2D eigenvalue weighted by molar-refractivity contribution is 0.416. The third-order valence-electron chi connectivity index (χ3n) is 2.33. The van der Waals surface area contributed by atoms with Crippen molar-refractivity contribution in [1.82, 2.24) is 4.98 Å². The number of pyridine rings is 1. The van der Waals surface area contributed by atoms with Gasteiger partial charge in [-0.05, 0) is 18.6 Å². The number of nitrogens with zero attached hydrogens (tertiary/aromatic N) is 1. The highest BCUT2D eigenvalue weighted by molar-refractivity contribution is 5.69. The maximum Gasteiger partial charge on any atom is 0.129 e. The second kappa shape index (κ2) is 4.13. The number of hydrogen-bond donors (Lipinski definition) is 0. The highest BCUT2D eigenvalue weighted by Crippen LogP contribution is 2.28. The minimum atomic E-state index is 0.857. The molecule has 0 aliphatic carbocycles. The smallest absolute Gasteiger partial charge is 0.129 e. The zero-order valence-corrected chi connectivity index (χ0v) is 8.90. The third-order valence-corrected chi connectivity index (χ3v) is 2.33. The van der Waals surface area contributed by atoms with Crippen LogP contribution in [0.1, 0.15) is 5.56 Å². The number of aromatic nitrogens is 1. The van der Waals surface area contributed by atoms with Gasteiger partial charge in [-0.15, -0.1) is 0 Å². The van der Waals surface area contributed by atoms with E-state index in [1.807, 2.05) is 18.3 Å². The lowest BCUT2D eigenvalue weighted by Crippen LogP contribution is -1.88. The highest BCUT2D eigenvalue weighted by atomic mass is 16.5. The van der Waals surface area contributed by atoms with Crippen molar-refractivity contribution < 1.29 is 4.74 Å². The number of rotatable bonds is 2. The van der Waals surface area contributed by atoms with E-state index in [1.165, 1.54) is 5.56 Å². The van der Waals surface area contributed by atoms with Gasteiger partial charge in [0, 0.05) is 18.0 Å². The van der Waals surface area contributed by atoms with Crippen LogP contribution in [0.4, 0.5) is 0 Å². The van der Waals surface area contributed by atoms with Gasteiger partial charge in [-0.25, -0.2) is 0 Å². The maximum absolute atomic E-state index is 5.30. The van der Waals surface area contributed by atoms with Gasteiger partial charge in [0.1, 0.15) is 5.75 Å². The molecule has 0 bridgehead atoms. The third kappa shape index (κ3) is 1.99. The summed E-state index contributed by atoms with van der Waals surface area (Å²) in [6.45, 7) is 2.08. The summed E-state index contributed by atoms with van der Waals surface area (Å²) in [5.41, 5.74) is 3.40. The van der Waals surface area contributed by atoms with E-state index in [4.69, 9.17) is 4.74 Å². The summed E-state index contributed by atoms with van der Waals surface area (Å²) < 4.78 is 5.30. The van der Waals surface area contributed by atoms with E-state index in [0.29, 0.717) is 0 Å². The standard InChI is InChI=1S/C13H13NO/c1-10-4-3-5-11(8-10)12-9-14-7-6-13(12)15-2/h3-9H,1-2H3. The van der Waals surface area contributed by atoms with Gasteiger partial charge in [-0.2, -0.15) is 0 Å². The summed E-state index contributed by atoms with van der Waals surface area (Å²) in [5, 5.41) is 0. The van der Waals surface area contributed by atoms with Crippen LogP contribution in [0.15, 0.2) is 42.7 Å². The average molecular weight is 199 g/mol. The Balaban J connectivity index is 2.53. The fourth-order valence-electron chi connectivity index (χ4n) is 1.59. The van der Waals surface area contributed by atoms with E-state index in [2.05, 4.69) is 30.1 Å². The molecule has 0 saturated carbocycles. The lowest BCUT2D eigenvalue weighted by atomic mass is 10.0. The Kier molecular flexibility index (Phi) is 2.68. The van der Waals surface area contributed by atoms with Crippen LogP contribution in [-0.4, -0.2) is 12.1 Å². The molecular formula is C13H13NO. The number of methoxy groups -OCH3 is 1. The fourth-order valence-corrected chi connectivity index (χ4v) is 1.59. The average Bonchev–Trinajstić information content (AvgIpc) is 2.29. The van der Waals surface area contributed by atoms with E-state index < -0.39 is 0 Å². The van der Waals surface area contributed by atoms with Crippen molar-refractivity contribution in [1.29, 1.82) is 0 Å². The Bertz CT molecular complexity index is 466. The van der Waals surface area contributed by atoms with E-state index in [-0.39, 0.29) is 0 Å². The molecule has 2 heteroatoms. The van der Waals surface area contributed by atoms with Crippen molar-refractivity contribution >= 4 is 0 Å². The fraction of sp³-hybridized carbons (Fsp3) is 0.154. The van der Waals surface area contributed by atoms with Gasteiger partial charge in [0.2, 0.25) is 0 Å². The first-order chi connectivity index (χ1) is 7.31. The quantitative estimate of drug-likeness (QED) is 0.741. The van der Waals surface area contributed by atoms with E-state index >= 15 is 0 Å². The minimum Gasteiger partial charge on any atom is -0.496 e. The first-order valence-corrected chi connectivity index (χ1v) is 4.86. The van der Waals surface area contributed by atoms with Crippen molar-refractivity contribution in [2.24, 2.45) is 0 Å². The first kappa shape index (κ1) is 9.71. The van der Waals surface area contributed by atoms with Crippen LogP contribution in [0.2, 0.25) is 0 Å². The molecule has 1 aromatic carbocycles. The van der Waals surface area contributed by atoms with Crippen LogP contribution in [0.25, 0.3) is 11.1 Å². The molecular weight excluding hydrogens is 186 g/mol. The molecule has 0 unspecified atom stereocenters. The molecule has 2 aromatic rings. The van der Waals surface area contributed by atoms with E-state index in [0.717, 1.165) is 16.9 Å². The summed E-state index contributed by atoms with van der Waals surface area (Å²) in [4.78, 5) is 4.12. The molecule has 1 aromatic heterocycles. The summed E-state index contributed by atoms with van der Waals surface area (Å²) in [6, 6.07) is 10.2. The highest BCUT2D eigenvalue weighted by Gasteiger charge is 2.04. The van der Waals surface area contributed by atoms with Gasteiger partial charge in [-0.3, -0.25) is 4.98 Å². The van der Waals surface area contributed by atoms with Crippen LogP contribution >= 0.6 is 0 Å². The van der Waals surface area contributed by atoms with Crippen LogP contribution in [-0.2, 0) is 0 Å². The summed E-state index contributed by atoms with van der Waals surface area (Å²) >= 11 is 0. The summed E-state index contributed by atoms with van der Waals surface area (Å²) in [7, 11) is 1.68. The normalized spacial score (nSPS) is 10.0. The van der Waals surface area contributed by atoms with E-state index in [9.17, 15) is 0 Å². The maximum atomic E-state index is 5.30. The van der Waals surface area contributed by atoms with Crippen molar-refractivity contribution in [2.45, 2.75) is 6.92 Å². The molecule has 0 aliphatic rings. The minimum absolute atomic E-state index is 0.857. The molecule has 0 radical (unpaired) electrons. The largest absolute Gasteiger partial charge is 0.496 e. The van der Waals surface area contributed by atoms with Crippen molar-refractivity contribution in [3.8, 4) is 16.9 Å². The van der Waals surface area contributed by atoms with Crippen LogP contribution in [0.5, 0.6) is 5.75 Å². The Hall–Kier alpha value is -1.83. The number of ether oxygens (including phenoxy) is 1.